The lowest BCUT2D eigenvalue weighted by Crippen LogP contribution is -2.37. The largest absolute Gasteiger partial charge is 0.356 e. The molecule has 0 spiro atoms. The Bertz CT molecular complexity index is 873. The molecular formula is C23H30IN5. The number of unbranched alkanes of at least 4 members (excludes halogenated alkanes) is 1. The second-order valence-electron chi connectivity index (χ2n) is 6.80. The normalized spacial score (nSPS) is 11.0. The van der Waals surface area contributed by atoms with Crippen LogP contribution in [0.25, 0.3) is 11.1 Å². The van der Waals surface area contributed by atoms with E-state index in [0.717, 1.165) is 32.0 Å². The van der Waals surface area contributed by atoms with Gasteiger partial charge in [0.25, 0.3) is 0 Å². The third-order valence-corrected chi connectivity index (χ3v) is 4.70. The molecule has 6 heteroatoms. The first-order valence-electron chi connectivity index (χ1n) is 9.87. The maximum absolute atomic E-state index is 4.31. The Balaban J connectivity index is 0.00000300. The van der Waals surface area contributed by atoms with Crippen molar-refractivity contribution >= 4 is 29.9 Å². The van der Waals surface area contributed by atoms with E-state index in [1.807, 2.05) is 25.8 Å². The van der Waals surface area contributed by atoms with E-state index in [1.54, 1.807) is 0 Å². The minimum atomic E-state index is 0. The van der Waals surface area contributed by atoms with Gasteiger partial charge in [0.2, 0.25) is 0 Å². The van der Waals surface area contributed by atoms with E-state index < -0.39 is 0 Å². The Morgan fingerprint density at radius 2 is 1.86 bits per heavy atom. The van der Waals surface area contributed by atoms with E-state index in [9.17, 15) is 0 Å². The molecule has 0 aliphatic carbocycles. The van der Waals surface area contributed by atoms with Crippen molar-refractivity contribution in [3.05, 3.63) is 78.4 Å². The van der Waals surface area contributed by atoms with Crippen molar-refractivity contribution in [2.75, 3.05) is 13.6 Å². The van der Waals surface area contributed by atoms with Crippen molar-refractivity contribution < 1.29 is 0 Å². The summed E-state index contributed by atoms with van der Waals surface area (Å²) in [5.74, 6) is 0.846. The predicted molar refractivity (Wildman–Crippen MR) is 132 cm³/mol. The molecule has 0 aliphatic rings. The Hall–Kier alpha value is -2.35. The van der Waals surface area contributed by atoms with Crippen molar-refractivity contribution in [2.45, 2.75) is 32.9 Å². The first kappa shape index (κ1) is 22.9. The highest BCUT2D eigenvalue weighted by molar-refractivity contribution is 14.0. The van der Waals surface area contributed by atoms with Crippen LogP contribution in [0.2, 0.25) is 0 Å². The zero-order chi connectivity index (χ0) is 19.6. The maximum atomic E-state index is 4.31. The minimum absolute atomic E-state index is 0. The Labute approximate surface area is 190 Å². The molecule has 0 bridgehead atoms. The molecule has 2 aromatic carbocycles. The molecule has 0 saturated carbocycles. The number of nitrogens with one attached hydrogen (secondary N) is 2. The van der Waals surface area contributed by atoms with E-state index in [1.165, 1.54) is 28.7 Å². The molecule has 0 atom stereocenters. The molecule has 1 heterocycles. The van der Waals surface area contributed by atoms with E-state index in [-0.39, 0.29) is 24.0 Å². The fourth-order valence-electron chi connectivity index (χ4n) is 3.12. The standard InChI is InChI=1S/C23H29N5.HI/c1-3-4-13-26-23(24-2)27-16-21-7-5-6-8-22(21)20-11-9-19(10-12-20)17-28-15-14-25-18-28;/h5-12,14-15,18H,3-4,13,16-17H2,1-2H3,(H2,24,26,27);1H. The number of benzene rings is 2. The van der Waals surface area contributed by atoms with Crippen molar-refractivity contribution in [3.63, 3.8) is 0 Å². The van der Waals surface area contributed by atoms with Gasteiger partial charge in [-0.3, -0.25) is 4.99 Å². The third-order valence-electron chi connectivity index (χ3n) is 4.70. The van der Waals surface area contributed by atoms with Crippen LogP contribution in [0.15, 0.2) is 72.2 Å². The summed E-state index contributed by atoms with van der Waals surface area (Å²) in [5, 5.41) is 6.78. The van der Waals surface area contributed by atoms with Gasteiger partial charge in [-0.05, 0) is 28.7 Å². The van der Waals surface area contributed by atoms with Crippen LogP contribution in [0.1, 0.15) is 30.9 Å². The van der Waals surface area contributed by atoms with Gasteiger partial charge in [-0.15, -0.1) is 24.0 Å². The fraction of sp³-hybridized carbons (Fsp3) is 0.304. The number of imidazole rings is 1. The molecule has 154 valence electrons. The summed E-state index contributed by atoms with van der Waals surface area (Å²) < 4.78 is 2.07. The molecule has 2 N–H and O–H groups in total. The number of guanidine groups is 1. The first-order chi connectivity index (χ1) is 13.8. The maximum Gasteiger partial charge on any atom is 0.191 e. The number of aliphatic imine (C=N–C) groups is 1. The minimum Gasteiger partial charge on any atom is -0.356 e. The molecule has 0 amide bonds. The summed E-state index contributed by atoms with van der Waals surface area (Å²) in [5.41, 5.74) is 4.98. The summed E-state index contributed by atoms with van der Waals surface area (Å²) in [6.45, 7) is 4.70. The molecule has 0 radical (unpaired) electrons. The number of rotatable bonds is 8. The van der Waals surface area contributed by atoms with Crippen LogP contribution in [0.5, 0.6) is 0 Å². The SMILES string of the molecule is CCCCNC(=NC)NCc1ccccc1-c1ccc(Cn2ccnc2)cc1.I. The molecular weight excluding hydrogens is 473 g/mol. The zero-order valence-corrected chi connectivity index (χ0v) is 19.5. The number of halogens is 1. The van der Waals surface area contributed by atoms with Crippen LogP contribution in [0.3, 0.4) is 0 Å². The highest BCUT2D eigenvalue weighted by Gasteiger charge is 2.06. The van der Waals surface area contributed by atoms with Crippen LogP contribution in [0, 0.1) is 0 Å². The van der Waals surface area contributed by atoms with Gasteiger partial charge in [0.15, 0.2) is 5.96 Å². The molecule has 5 nitrogen and oxygen atoms in total. The van der Waals surface area contributed by atoms with Crippen LogP contribution < -0.4 is 10.6 Å². The molecule has 29 heavy (non-hydrogen) atoms. The third kappa shape index (κ3) is 6.88. The molecule has 0 aliphatic heterocycles. The van der Waals surface area contributed by atoms with Gasteiger partial charge in [0.1, 0.15) is 0 Å². The quantitative estimate of drug-likeness (QED) is 0.203. The fourth-order valence-corrected chi connectivity index (χ4v) is 3.12. The molecule has 1 aromatic heterocycles. The van der Waals surface area contributed by atoms with E-state index in [4.69, 9.17) is 0 Å². The number of aromatic nitrogens is 2. The zero-order valence-electron chi connectivity index (χ0n) is 17.1. The summed E-state index contributed by atoms with van der Waals surface area (Å²) in [7, 11) is 1.81. The number of hydrogen-bond donors (Lipinski definition) is 2. The predicted octanol–water partition coefficient (Wildman–Crippen LogP) is 4.68. The lowest BCUT2D eigenvalue weighted by atomic mass is 9.98. The summed E-state index contributed by atoms with van der Waals surface area (Å²) in [6, 6.07) is 17.3. The topological polar surface area (TPSA) is 54.2 Å². The van der Waals surface area contributed by atoms with Gasteiger partial charge in [0, 0.05) is 39.1 Å². The molecule has 0 fully saturated rings. The van der Waals surface area contributed by atoms with Crippen LogP contribution in [-0.2, 0) is 13.1 Å². The van der Waals surface area contributed by atoms with Gasteiger partial charge in [-0.25, -0.2) is 4.98 Å². The smallest absolute Gasteiger partial charge is 0.191 e. The van der Waals surface area contributed by atoms with Crippen molar-refractivity contribution in [1.82, 2.24) is 20.2 Å². The monoisotopic (exact) mass is 503 g/mol. The van der Waals surface area contributed by atoms with Gasteiger partial charge >= 0.3 is 0 Å². The lowest BCUT2D eigenvalue weighted by Gasteiger charge is -2.14. The van der Waals surface area contributed by atoms with E-state index in [2.05, 4.69) is 80.6 Å². The van der Waals surface area contributed by atoms with Crippen molar-refractivity contribution in [2.24, 2.45) is 4.99 Å². The second-order valence-corrected chi connectivity index (χ2v) is 6.80. The molecule has 3 aromatic rings. The Kier molecular flexibility index (Phi) is 9.70. The molecule has 0 unspecified atom stereocenters. The second kappa shape index (κ2) is 12.3. The van der Waals surface area contributed by atoms with Gasteiger partial charge in [0.05, 0.1) is 6.33 Å². The summed E-state index contributed by atoms with van der Waals surface area (Å²) in [6.07, 6.45) is 7.95. The average molecular weight is 503 g/mol. The number of hydrogen-bond acceptors (Lipinski definition) is 2. The van der Waals surface area contributed by atoms with Crippen LogP contribution in [0.4, 0.5) is 0 Å². The Morgan fingerprint density at radius 1 is 1.07 bits per heavy atom. The van der Waals surface area contributed by atoms with Gasteiger partial charge < -0.3 is 15.2 Å². The first-order valence-corrected chi connectivity index (χ1v) is 9.87. The molecule has 3 rings (SSSR count). The summed E-state index contributed by atoms with van der Waals surface area (Å²) >= 11 is 0. The highest BCUT2D eigenvalue weighted by Crippen LogP contribution is 2.24. The van der Waals surface area contributed by atoms with Crippen molar-refractivity contribution in [1.29, 1.82) is 0 Å². The van der Waals surface area contributed by atoms with E-state index in [0.29, 0.717) is 0 Å². The summed E-state index contributed by atoms with van der Waals surface area (Å²) in [4.78, 5) is 8.41. The highest BCUT2D eigenvalue weighted by atomic mass is 127. The lowest BCUT2D eigenvalue weighted by molar-refractivity contribution is 0.729. The van der Waals surface area contributed by atoms with Crippen molar-refractivity contribution in [3.8, 4) is 11.1 Å². The van der Waals surface area contributed by atoms with E-state index >= 15 is 0 Å². The van der Waals surface area contributed by atoms with Crippen LogP contribution >= 0.6 is 24.0 Å². The van der Waals surface area contributed by atoms with Crippen LogP contribution in [-0.4, -0.2) is 29.1 Å². The molecule has 0 saturated heterocycles. The Morgan fingerprint density at radius 3 is 2.55 bits per heavy atom. The number of nitrogens with zero attached hydrogens (tertiary/aromatic N) is 3. The average Bonchev–Trinajstić information content (AvgIpc) is 3.24. The van der Waals surface area contributed by atoms with Gasteiger partial charge in [-0.2, -0.15) is 0 Å². The van der Waals surface area contributed by atoms with Gasteiger partial charge in [-0.1, -0.05) is 61.9 Å².